The first kappa shape index (κ1) is 34.9. The van der Waals surface area contributed by atoms with Gasteiger partial charge in [-0.2, -0.15) is 0 Å². The Morgan fingerprint density at radius 3 is 1.95 bits per heavy atom. The molecule has 3 amide bonds. The highest BCUT2D eigenvalue weighted by Gasteiger charge is 2.36. The molecule has 0 bridgehead atoms. The van der Waals surface area contributed by atoms with Crippen molar-refractivity contribution in [3.63, 3.8) is 0 Å². The van der Waals surface area contributed by atoms with E-state index in [1.165, 1.54) is 0 Å². The predicted octanol–water partition coefficient (Wildman–Crippen LogP) is 4.77. The van der Waals surface area contributed by atoms with E-state index >= 15 is 0 Å². The van der Waals surface area contributed by atoms with Crippen molar-refractivity contribution in [2.75, 3.05) is 6.61 Å². The molecular weight excluding hydrogens is 510 g/mol. The highest BCUT2D eigenvalue weighted by Crippen LogP contribution is 2.34. The van der Waals surface area contributed by atoms with Crippen molar-refractivity contribution >= 4 is 23.9 Å². The molecule has 4 unspecified atom stereocenters. The second kappa shape index (κ2) is 15.6. The lowest BCUT2D eigenvalue weighted by molar-refractivity contribution is -0.146. The molecule has 226 valence electrons. The second-order valence-electron chi connectivity index (χ2n) is 12.8. The van der Waals surface area contributed by atoms with Crippen molar-refractivity contribution < 1.29 is 28.7 Å². The van der Waals surface area contributed by atoms with Gasteiger partial charge in [0.15, 0.2) is 0 Å². The molecule has 4 atom stereocenters. The van der Waals surface area contributed by atoms with Crippen LogP contribution in [0.4, 0.5) is 4.79 Å². The van der Waals surface area contributed by atoms with Gasteiger partial charge in [-0.15, -0.1) is 0 Å². The van der Waals surface area contributed by atoms with Crippen LogP contribution in [0.15, 0.2) is 30.3 Å². The van der Waals surface area contributed by atoms with Crippen LogP contribution in [0.1, 0.15) is 87.6 Å². The lowest BCUT2D eigenvalue weighted by atomic mass is 9.72. The van der Waals surface area contributed by atoms with Gasteiger partial charge in [-0.3, -0.25) is 14.4 Å². The number of nitrogens with one attached hydrogen (secondary N) is 3. The van der Waals surface area contributed by atoms with Crippen molar-refractivity contribution in [1.82, 2.24) is 16.0 Å². The summed E-state index contributed by atoms with van der Waals surface area (Å²) >= 11 is 0. The Kier molecular flexibility index (Phi) is 13.6. The summed E-state index contributed by atoms with van der Waals surface area (Å²) in [5.74, 6) is -1.09. The fourth-order valence-electron chi connectivity index (χ4n) is 4.48. The molecule has 0 aliphatic carbocycles. The molecular formula is C31H51N3O6. The SMILES string of the molecule is CCOC(=O)CC(C(CC(C)C)NC(=O)C(C)NC(=O)C(Cc1ccccc1)NC(=O)OC(C)(C)C)C(C)(C)C. The van der Waals surface area contributed by atoms with E-state index < -0.39 is 29.7 Å². The van der Waals surface area contributed by atoms with Crippen molar-refractivity contribution in [1.29, 1.82) is 0 Å². The zero-order valence-corrected chi connectivity index (χ0v) is 26.1. The van der Waals surface area contributed by atoms with E-state index in [1.807, 2.05) is 51.1 Å². The Hall–Kier alpha value is -3.10. The molecule has 0 saturated carbocycles. The summed E-state index contributed by atoms with van der Waals surface area (Å²) in [6.07, 6.45) is 0.339. The number of carbonyl (C=O) groups is 4. The monoisotopic (exact) mass is 561 g/mol. The normalized spacial score (nSPS) is 14.9. The Balaban J connectivity index is 3.08. The Bertz CT molecular complexity index is 966. The van der Waals surface area contributed by atoms with Crippen LogP contribution in [0.5, 0.6) is 0 Å². The quantitative estimate of drug-likeness (QED) is 0.298. The minimum atomic E-state index is -0.954. The molecule has 0 aromatic heterocycles. The van der Waals surface area contributed by atoms with Crippen molar-refractivity contribution in [3.05, 3.63) is 35.9 Å². The molecule has 40 heavy (non-hydrogen) atoms. The van der Waals surface area contributed by atoms with Crippen LogP contribution in [0.25, 0.3) is 0 Å². The van der Waals surface area contributed by atoms with Crippen LogP contribution >= 0.6 is 0 Å². The molecule has 0 saturated heterocycles. The van der Waals surface area contributed by atoms with Crippen molar-refractivity contribution in [2.45, 2.75) is 112 Å². The summed E-state index contributed by atoms with van der Waals surface area (Å²) in [5, 5.41) is 8.50. The van der Waals surface area contributed by atoms with Gasteiger partial charge in [0.2, 0.25) is 11.8 Å². The smallest absolute Gasteiger partial charge is 0.408 e. The number of hydrogen-bond donors (Lipinski definition) is 3. The maximum atomic E-state index is 13.4. The molecule has 1 rings (SSSR count). The third kappa shape index (κ3) is 13.3. The topological polar surface area (TPSA) is 123 Å². The molecule has 1 aromatic carbocycles. The van der Waals surface area contributed by atoms with Crippen LogP contribution in [0, 0.1) is 17.3 Å². The third-order valence-electron chi connectivity index (χ3n) is 6.39. The number of rotatable bonds is 13. The Morgan fingerprint density at radius 2 is 1.45 bits per heavy atom. The van der Waals surface area contributed by atoms with Gasteiger partial charge in [0.25, 0.3) is 0 Å². The van der Waals surface area contributed by atoms with Crippen LogP contribution in [0.3, 0.4) is 0 Å². The number of ether oxygens (including phenoxy) is 2. The molecule has 9 nitrogen and oxygen atoms in total. The zero-order chi connectivity index (χ0) is 30.7. The summed E-state index contributed by atoms with van der Waals surface area (Å²) in [7, 11) is 0. The van der Waals surface area contributed by atoms with Crippen LogP contribution in [0.2, 0.25) is 0 Å². The Labute approximate surface area is 240 Å². The van der Waals surface area contributed by atoms with Gasteiger partial charge in [-0.25, -0.2) is 4.79 Å². The number of alkyl carbamates (subject to hydrolysis) is 1. The molecule has 3 N–H and O–H groups in total. The zero-order valence-electron chi connectivity index (χ0n) is 26.1. The largest absolute Gasteiger partial charge is 0.466 e. The van der Waals surface area contributed by atoms with Crippen LogP contribution in [-0.4, -0.2) is 54.2 Å². The number of hydrogen-bond acceptors (Lipinski definition) is 6. The fourth-order valence-corrected chi connectivity index (χ4v) is 4.48. The number of benzene rings is 1. The van der Waals surface area contributed by atoms with E-state index in [-0.39, 0.29) is 48.0 Å². The molecule has 0 aliphatic rings. The molecule has 0 aliphatic heterocycles. The van der Waals surface area contributed by atoms with Gasteiger partial charge in [0.05, 0.1) is 13.0 Å². The average molecular weight is 562 g/mol. The van der Waals surface area contributed by atoms with Gasteiger partial charge < -0.3 is 25.4 Å². The standard InChI is InChI=1S/C31H51N3O6/c1-11-39-26(35)19-23(30(5,6)7)24(17-20(2)3)33-27(36)21(4)32-28(37)25(18-22-15-13-12-14-16-22)34-29(38)40-31(8,9)10/h12-16,20-21,23-25H,11,17-19H2,1-10H3,(H,32,37)(H,33,36)(H,34,38). The van der Waals surface area contributed by atoms with Gasteiger partial charge >= 0.3 is 12.1 Å². The van der Waals surface area contributed by atoms with Gasteiger partial charge in [-0.05, 0) is 63.9 Å². The highest BCUT2D eigenvalue weighted by molar-refractivity contribution is 5.91. The first-order valence-corrected chi connectivity index (χ1v) is 14.2. The predicted molar refractivity (Wildman–Crippen MR) is 156 cm³/mol. The van der Waals surface area contributed by atoms with Gasteiger partial charge in [0, 0.05) is 12.5 Å². The second-order valence-corrected chi connectivity index (χ2v) is 12.8. The van der Waals surface area contributed by atoms with E-state index in [4.69, 9.17) is 9.47 Å². The average Bonchev–Trinajstić information content (AvgIpc) is 2.80. The summed E-state index contributed by atoms with van der Waals surface area (Å²) in [6, 6.07) is 7.15. The fraction of sp³-hybridized carbons (Fsp3) is 0.677. The van der Waals surface area contributed by atoms with Gasteiger partial charge in [-0.1, -0.05) is 65.0 Å². The summed E-state index contributed by atoms with van der Waals surface area (Å²) in [4.78, 5) is 51.6. The Morgan fingerprint density at radius 1 is 0.850 bits per heavy atom. The van der Waals surface area contributed by atoms with Crippen LogP contribution < -0.4 is 16.0 Å². The highest BCUT2D eigenvalue weighted by atomic mass is 16.6. The summed E-state index contributed by atoms with van der Waals surface area (Å²) in [5.41, 5.74) is -0.173. The van der Waals surface area contributed by atoms with Crippen molar-refractivity contribution in [3.8, 4) is 0 Å². The van der Waals surface area contributed by atoms with E-state index in [2.05, 4.69) is 29.8 Å². The van der Waals surface area contributed by atoms with E-state index in [0.29, 0.717) is 13.0 Å². The minimum absolute atomic E-state index is 0.175. The van der Waals surface area contributed by atoms with E-state index in [9.17, 15) is 19.2 Å². The number of carbonyl (C=O) groups excluding carboxylic acids is 4. The molecule has 1 aromatic rings. The molecule has 0 fully saturated rings. The number of esters is 1. The molecule has 9 heteroatoms. The third-order valence-corrected chi connectivity index (χ3v) is 6.39. The lowest BCUT2D eigenvalue weighted by Crippen LogP contribution is -2.56. The molecule has 0 spiro atoms. The maximum absolute atomic E-state index is 13.4. The lowest BCUT2D eigenvalue weighted by Gasteiger charge is -2.38. The summed E-state index contributed by atoms with van der Waals surface area (Å²) in [6.45, 7) is 19.1. The molecule has 0 radical (unpaired) electrons. The van der Waals surface area contributed by atoms with E-state index in [1.54, 1.807) is 34.6 Å². The van der Waals surface area contributed by atoms with Gasteiger partial charge in [0.1, 0.15) is 17.7 Å². The maximum Gasteiger partial charge on any atom is 0.408 e. The first-order chi connectivity index (χ1) is 18.4. The minimum Gasteiger partial charge on any atom is -0.466 e. The van der Waals surface area contributed by atoms with E-state index in [0.717, 1.165) is 5.56 Å². The molecule has 0 heterocycles. The first-order valence-electron chi connectivity index (χ1n) is 14.2. The van der Waals surface area contributed by atoms with Crippen molar-refractivity contribution in [2.24, 2.45) is 17.3 Å². The summed E-state index contributed by atoms with van der Waals surface area (Å²) < 4.78 is 10.6. The number of amides is 3. The van der Waals surface area contributed by atoms with Crippen LogP contribution in [-0.2, 0) is 30.3 Å².